The van der Waals surface area contributed by atoms with E-state index in [-0.39, 0.29) is 18.4 Å². The maximum Gasteiger partial charge on any atom is 0.416 e. The molecule has 1 aromatic carbocycles. The van der Waals surface area contributed by atoms with Crippen molar-refractivity contribution < 1.29 is 22.8 Å². The lowest BCUT2D eigenvalue weighted by molar-refractivity contribution is -0.137. The van der Waals surface area contributed by atoms with Gasteiger partial charge in [0, 0.05) is 12.8 Å². The standard InChI is InChI=1S/C13H10F3NO2/c14-13(15,16)11-3-1-2-10(8-11)12(9-17,4-6-18)5-7-19/h1-3,6-8H,4-5H2. The summed E-state index contributed by atoms with van der Waals surface area (Å²) in [5.74, 6) is 0. The van der Waals surface area contributed by atoms with Crippen LogP contribution < -0.4 is 0 Å². The Hall–Kier alpha value is -2.16. The van der Waals surface area contributed by atoms with Gasteiger partial charge in [0.1, 0.15) is 12.6 Å². The van der Waals surface area contributed by atoms with Crippen molar-refractivity contribution in [2.24, 2.45) is 0 Å². The Labute approximate surface area is 107 Å². The Morgan fingerprint density at radius 2 is 1.63 bits per heavy atom. The van der Waals surface area contributed by atoms with E-state index in [1.165, 1.54) is 6.07 Å². The fourth-order valence-corrected chi connectivity index (χ4v) is 1.75. The second kappa shape index (κ2) is 5.65. The van der Waals surface area contributed by atoms with Gasteiger partial charge >= 0.3 is 6.18 Å². The maximum atomic E-state index is 12.6. The third kappa shape index (κ3) is 3.19. The van der Waals surface area contributed by atoms with Crippen LogP contribution in [-0.2, 0) is 21.2 Å². The quantitative estimate of drug-likeness (QED) is 0.772. The first-order valence-corrected chi connectivity index (χ1v) is 5.36. The summed E-state index contributed by atoms with van der Waals surface area (Å²) in [6, 6.07) is 5.92. The van der Waals surface area contributed by atoms with E-state index in [2.05, 4.69) is 0 Å². The normalized spacial score (nSPS) is 11.7. The Kier molecular flexibility index (Phi) is 4.43. The lowest BCUT2D eigenvalue weighted by atomic mass is 9.76. The summed E-state index contributed by atoms with van der Waals surface area (Å²) in [4.78, 5) is 21.2. The fraction of sp³-hybridized carbons (Fsp3) is 0.308. The molecule has 0 aliphatic carbocycles. The Morgan fingerprint density at radius 1 is 1.11 bits per heavy atom. The summed E-state index contributed by atoms with van der Waals surface area (Å²) >= 11 is 0. The van der Waals surface area contributed by atoms with Crippen LogP contribution in [0.4, 0.5) is 13.2 Å². The molecular weight excluding hydrogens is 259 g/mol. The third-order valence-corrected chi connectivity index (χ3v) is 2.82. The zero-order valence-electron chi connectivity index (χ0n) is 9.78. The van der Waals surface area contributed by atoms with Crippen molar-refractivity contribution in [1.29, 1.82) is 5.26 Å². The monoisotopic (exact) mass is 269 g/mol. The number of carbonyl (C=O) groups is 2. The Bertz CT molecular complexity index is 507. The van der Waals surface area contributed by atoms with Crippen molar-refractivity contribution in [3.63, 3.8) is 0 Å². The van der Waals surface area contributed by atoms with Crippen LogP contribution in [0, 0.1) is 11.3 Å². The van der Waals surface area contributed by atoms with Crippen LogP contribution in [0.5, 0.6) is 0 Å². The maximum absolute atomic E-state index is 12.6. The number of carbonyl (C=O) groups excluding carboxylic acids is 2. The Balaban J connectivity index is 3.35. The van der Waals surface area contributed by atoms with E-state index in [1.807, 2.05) is 0 Å². The molecule has 0 aliphatic heterocycles. The molecule has 0 bridgehead atoms. The van der Waals surface area contributed by atoms with E-state index in [9.17, 15) is 22.8 Å². The molecule has 0 N–H and O–H groups in total. The number of alkyl halides is 3. The van der Waals surface area contributed by atoms with Crippen molar-refractivity contribution in [3.05, 3.63) is 35.4 Å². The molecule has 19 heavy (non-hydrogen) atoms. The van der Waals surface area contributed by atoms with Crippen molar-refractivity contribution in [2.45, 2.75) is 24.4 Å². The summed E-state index contributed by atoms with van der Waals surface area (Å²) in [5.41, 5.74) is -2.43. The molecule has 0 aromatic heterocycles. The number of aldehydes is 2. The first-order valence-electron chi connectivity index (χ1n) is 5.36. The zero-order valence-corrected chi connectivity index (χ0v) is 9.78. The zero-order chi connectivity index (χ0) is 14.5. The van der Waals surface area contributed by atoms with Gasteiger partial charge in [0.2, 0.25) is 0 Å². The molecule has 3 nitrogen and oxygen atoms in total. The van der Waals surface area contributed by atoms with Gasteiger partial charge in [-0.25, -0.2) is 0 Å². The van der Waals surface area contributed by atoms with Gasteiger partial charge in [-0.3, -0.25) is 0 Å². The molecule has 100 valence electrons. The molecule has 0 atom stereocenters. The molecule has 0 radical (unpaired) electrons. The molecule has 0 unspecified atom stereocenters. The van der Waals surface area contributed by atoms with Gasteiger partial charge in [0.15, 0.2) is 0 Å². The van der Waals surface area contributed by atoms with Crippen LogP contribution in [0.2, 0.25) is 0 Å². The first-order chi connectivity index (χ1) is 8.89. The number of nitrogens with zero attached hydrogens (tertiary/aromatic N) is 1. The lowest BCUT2D eigenvalue weighted by Gasteiger charge is -2.23. The molecule has 0 saturated heterocycles. The number of rotatable bonds is 5. The van der Waals surface area contributed by atoms with E-state index in [1.54, 1.807) is 6.07 Å². The van der Waals surface area contributed by atoms with Gasteiger partial charge in [-0.1, -0.05) is 18.2 Å². The van der Waals surface area contributed by atoms with E-state index in [4.69, 9.17) is 5.26 Å². The van der Waals surface area contributed by atoms with Gasteiger partial charge in [0.25, 0.3) is 0 Å². The molecule has 1 aromatic rings. The van der Waals surface area contributed by atoms with Gasteiger partial charge in [-0.05, 0) is 11.6 Å². The van der Waals surface area contributed by atoms with Gasteiger partial charge < -0.3 is 9.59 Å². The van der Waals surface area contributed by atoms with Crippen molar-refractivity contribution in [2.75, 3.05) is 0 Å². The van der Waals surface area contributed by atoms with E-state index < -0.39 is 17.2 Å². The summed E-state index contributed by atoms with van der Waals surface area (Å²) in [5, 5.41) is 9.14. The minimum Gasteiger partial charge on any atom is -0.303 e. The predicted octanol–water partition coefficient (Wildman–Crippen LogP) is 2.64. The first kappa shape index (κ1) is 14.9. The van der Waals surface area contributed by atoms with Gasteiger partial charge in [-0.15, -0.1) is 0 Å². The number of benzene rings is 1. The highest BCUT2D eigenvalue weighted by atomic mass is 19.4. The molecule has 0 saturated carbocycles. The van der Waals surface area contributed by atoms with E-state index in [0.29, 0.717) is 12.6 Å². The predicted molar refractivity (Wildman–Crippen MR) is 60.1 cm³/mol. The fourth-order valence-electron chi connectivity index (χ4n) is 1.75. The van der Waals surface area contributed by atoms with Crippen LogP contribution in [0.25, 0.3) is 0 Å². The van der Waals surface area contributed by atoms with Crippen LogP contribution in [0.3, 0.4) is 0 Å². The second-order valence-corrected chi connectivity index (χ2v) is 4.01. The average Bonchev–Trinajstić information content (AvgIpc) is 2.37. The number of hydrogen-bond acceptors (Lipinski definition) is 3. The largest absolute Gasteiger partial charge is 0.416 e. The summed E-state index contributed by atoms with van der Waals surface area (Å²) in [7, 11) is 0. The van der Waals surface area contributed by atoms with E-state index >= 15 is 0 Å². The third-order valence-electron chi connectivity index (χ3n) is 2.82. The summed E-state index contributed by atoms with van der Waals surface area (Å²) in [6.07, 6.45) is -4.35. The molecule has 0 amide bonds. The van der Waals surface area contributed by atoms with Crippen LogP contribution in [0.15, 0.2) is 24.3 Å². The number of nitriles is 1. The van der Waals surface area contributed by atoms with Crippen LogP contribution in [-0.4, -0.2) is 12.6 Å². The highest BCUT2D eigenvalue weighted by molar-refractivity contribution is 5.62. The van der Waals surface area contributed by atoms with Crippen LogP contribution >= 0.6 is 0 Å². The van der Waals surface area contributed by atoms with Crippen molar-refractivity contribution in [1.82, 2.24) is 0 Å². The molecule has 0 fully saturated rings. The average molecular weight is 269 g/mol. The molecule has 1 rings (SSSR count). The highest BCUT2D eigenvalue weighted by Crippen LogP contribution is 2.35. The van der Waals surface area contributed by atoms with Gasteiger partial charge in [0.05, 0.1) is 17.0 Å². The molecular formula is C13H10F3NO2. The van der Waals surface area contributed by atoms with Crippen molar-refractivity contribution in [3.8, 4) is 6.07 Å². The number of halogens is 3. The van der Waals surface area contributed by atoms with Gasteiger partial charge in [-0.2, -0.15) is 18.4 Å². The van der Waals surface area contributed by atoms with Crippen molar-refractivity contribution >= 4 is 12.6 Å². The second-order valence-electron chi connectivity index (χ2n) is 4.01. The topological polar surface area (TPSA) is 57.9 Å². The minimum absolute atomic E-state index is 0.0176. The molecule has 0 spiro atoms. The molecule has 0 aliphatic rings. The lowest BCUT2D eigenvalue weighted by Crippen LogP contribution is -2.26. The minimum atomic E-state index is -4.54. The molecule has 6 heteroatoms. The SMILES string of the molecule is N#CC(CC=O)(CC=O)c1cccc(C(F)(F)F)c1. The van der Waals surface area contributed by atoms with E-state index in [0.717, 1.165) is 18.2 Å². The van der Waals surface area contributed by atoms with Crippen LogP contribution in [0.1, 0.15) is 24.0 Å². The number of hydrogen-bond donors (Lipinski definition) is 0. The summed E-state index contributed by atoms with van der Waals surface area (Å²) in [6.45, 7) is 0. The smallest absolute Gasteiger partial charge is 0.303 e. The summed E-state index contributed by atoms with van der Waals surface area (Å²) < 4.78 is 37.8. The highest BCUT2D eigenvalue weighted by Gasteiger charge is 2.36. The Morgan fingerprint density at radius 3 is 2.05 bits per heavy atom. The molecule has 0 heterocycles.